The first-order chi connectivity index (χ1) is 13.6. The van der Waals surface area contributed by atoms with E-state index in [1.807, 2.05) is 13.8 Å². The Bertz CT molecular complexity index is 898. The molecule has 0 atom stereocenters. The molecule has 0 bridgehead atoms. The molecule has 0 saturated heterocycles. The van der Waals surface area contributed by atoms with Gasteiger partial charge in [0.15, 0.2) is 0 Å². The summed E-state index contributed by atoms with van der Waals surface area (Å²) in [6.07, 6.45) is 1.75. The van der Waals surface area contributed by atoms with Gasteiger partial charge in [0.25, 0.3) is 0 Å². The average Bonchev–Trinajstić information content (AvgIpc) is 2.67. The van der Waals surface area contributed by atoms with Crippen molar-refractivity contribution < 1.29 is 39.6 Å². The Hall–Kier alpha value is -3.68. The van der Waals surface area contributed by atoms with Crippen molar-refractivity contribution in [3.8, 4) is 0 Å². The molecule has 2 aromatic carbocycles. The molecule has 0 radical (unpaired) electrons. The Balaban J connectivity index is 0.000000291. The van der Waals surface area contributed by atoms with Crippen molar-refractivity contribution in [2.24, 2.45) is 0 Å². The third-order valence-corrected chi connectivity index (χ3v) is 4.10. The van der Waals surface area contributed by atoms with E-state index in [4.69, 9.17) is 20.4 Å². The Kier molecular flexibility index (Phi) is 8.54. The number of benzene rings is 2. The molecule has 8 heteroatoms. The summed E-state index contributed by atoms with van der Waals surface area (Å²) in [6, 6.07) is 8.44. The second-order valence-electron chi connectivity index (χ2n) is 6.03. The predicted molar refractivity (Wildman–Crippen MR) is 104 cm³/mol. The molecule has 0 amide bonds. The maximum absolute atomic E-state index is 10.9. The number of carboxylic acids is 4. The van der Waals surface area contributed by atoms with E-state index in [-0.39, 0.29) is 22.3 Å². The highest BCUT2D eigenvalue weighted by Gasteiger charge is 2.16. The molecule has 2 aromatic rings. The molecule has 0 aliphatic carbocycles. The van der Waals surface area contributed by atoms with E-state index in [1.54, 1.807) is 0 Å². The molecule has 0 aliphatic heterocycles. The van der Waals surface area contributed by atoms with Gasteiger partial charge in [0.1, 0.15) is 0 Å². The lowest BCUT2D eigenvalue weighted by atomic mass is 9.97. The molecule has 29 heavy (non-hydrogen) atoms. The highest BCUT2D eigenvalue weighted by atomic mass is 16.4. The maximum Gasteiger partial charge on any atom is 0.335 e. The minimum Gasteiger partial charge on any atom is -0.478 e. The van der Waals surface area contributed by atoms with Crippen LogP contribution in [0.5, 0.6) is 0 Å². The minimum absolute atomic E-state index is 0.000370. The average molecular weight is 402 g/mol. The van der Waals surface area contributed by atoms with Crippen LogP contribution in [-0.4, -0.2) is 44.3 Å². The van der Waals surface area contributed by atoms with Crippen molar-refractivity contribution >= 4 is 23.9 Å². The molecule has 0 unspecified atom stereocenters. The first kappa shape index (κ1) is 23.4. The topological polar surface area (TPSA) is 149 Å². The summed E-state index contributed by atoms with van der Waals surface area (Å²) in [4.78, 5) is 43.1. The molecular formula is C21H22O8. The van der Waals surface area contributed by atoms with Crippen LogP contribution in [-0.2, 0) is 12.8 Å². The molecule has 0 heterocycles. The molecule has 154 valence electrons. The zero-order chi connectivity index (χ0) is 22.1. The Morgan fingerprint density at radius 2 is 1.24 bits per heavy atom. The Labute approximate surface area is 167 Å². The van der Waals surface area contributed by atoms with Crippen molar-refractivity contribution in [2.75, 3.05) is 0 Å². The lowest BCUT2D eigenvalue weighted by Crippen LogP contribution is -2.09. The van der Waals surface area contributed by atoms with E-state index in [1.165, 1.54) is 36.4 Å². The van der Waals surface area contributed by atoms with Crippen LogP contribution in [0.15, 0.2) is 36.4 Å². The van der Waals surface area contributed by atoms with Gasteiger partial charge >= 0.3 is 23.9 Å². The molecule has 0 saturated carbocycles. The molecule has 2 rings (SSSR count). The van der Waals surface area contributed by atoms with Gasteiger partial charge in [0, 0.05) is 0 Å². The predicted octanol–water partition coefficient (Wildman–Crippen LogP) is 3.68. The monoisotopic (exact) mass is 402 g/mol. The van der Waals surface area contributed by atoms with Gasteiger partial charge < -0.3 is 20.4 Å². The van der Waals surface area contributed by atoms with Crippen LogP contribution in [0.2, 0.25) is 0 Å². The van der Waals surface area contributed by atoms with Crippen molar-refractivity contribution in [1.82, 2.24) is 0 Å². The first-order valence-electron chi connectivity index (χ1n) is 8.81. The third kappa shape index (κ3) is 6.17. The van der Waals surface area contributed by atoms with Crippen LogP contribution < -0.4 is 0 Å². The van der Waals surface area contributed by atoms with Gasteiger partial charge in [-0.25, -0.2) is 19.2 Å². The van der Waals surface area contributed by atoms with E-state index >= 15 is 0 Å². The summed E-state index contributed by atoms with van der Waals surface area (Å²) >= 11 is 0. The van der Waals surface area contributed by atoms with Crippen molar-refractivity contribution in [3.05, 3.63) is 69.8 Å². The summed E-state index contributed by atoms with van der Waals surface area (Å²) in [5, 5.41) is 35.3. The quantitative estimate of drug-likeness (QED) is 0.548. The van der Waals surface area contributed by atoms with Crippen LogP contribution in [0.4, 0.5) is 0 Å². The standard InChI is InChI=1S/C11H12O4.C10H10O4/c1-2-4-7-8(10(12)13)5-3-6-9(7)11(14)15;1-2-6-3-4-7(9(11)12)5-8(6)10(13)14/h3,5-6H,2,4H2,1H3,(H,12,13)(H,14,15);3-5H,2H2,1H3,(H,11,12)(H,13,14). The fraction of sp³-hybridized carbons (Fsp3) is 0.238. The highest BCUT2D eigenvalue weighted by Crippen LogP contribution is 2.17. The van der Waals surface area contributed by atoms with E-state index in [2.05, 4.69) is 0 Å². The first-order valence-corrected chi connectivity index (χ1v) is 8.81. The van der Waals surface area contributed by atoms with Crippen molar-refractivity contribution in [2.45, 2.75) is 33.1 Å². The largest absolute Gasteiger partial charge is 0.478 e. The second-order valence-corrected chi connectivity index (χ2v) is 6.03. The summed E-state index contributed by atoms with van der Waals surface area (Å²) in [6.45, 7) is 3.70. The Morgan fingerprint density at radius 3 is 1.62 bits per heavy atom. The number of aryl methyl sites for hydroxylation is 1. The van der Waals surface area contributed by atoms with Crippen molar-refractivity contribution in [3.63, 3.8) is 0 Å². The third-order valence-electron chi connectivity index (χ3n) is 4.10. The molecule has 8 nitrogen and oxygen atoms in total. The van der Waals surface area contributed by atoms with Gasteiger partial charge in [0.2, 0.25) is 0 Å². The SMILES string of the molecule is CCCc1c(C(=O)O)cccc1C(=O)O.CCc1ccc(C(=O)O)cc1C(=O)O. The summed E-state index contributed by atoms with van der Waals surface area (Å²) < 4.78 is 0. The molecule has 0 fully saturated rings. The molecule has 0 aromatic heterocycles. The summed E-state index contributed by atoms with van der Waals surface area (Å²) in [5.41, 5.74) is 1.27. The smallest absolute Gasteiger partial charge is 0.335 e. The summed E-state index contributed by atoms with van der Waals surface area (Å²) in [5.74, 6) is -4.37. The zero-order valence-corrected chi connectivity index (χ0v) is 16.0. The van der Waals surface area contributed by atoms with E-state index in [0.29, 0.717) is 30.4 Å². The van der Waals surface area contributed by atoms with E-state index < -0.39 is 23.9 Å². The number of hydrogen-bond donors (Lipinski definition) is 4. The second kappa shape index (κ2) is 10.6. The highest BCUT2D eigenvalue weighted by molar-refractivity contribution is 5.96. The number of rotatable bonds is 7. The van der Waals surface area contributed by atoms with Crippen molar-refractivity contribution in [1.29, 1.82) is 0 Å². The maximum atomic E-state index is 10.9. The number of carboxylic acid groups (broad SMARTS) is 4. The molecular weight excluding hydrogens is 380 g/mol. The van der Waals surface area contributed by atoms with Crippen LogP contribution in [0.25, 0.3) is 0 Å². The van der Waals surface area contributed by atoms with Gasteiger partial charge in [-0.15, -0.1) is 0 Å². The molecule has 4 N–H and O–H groups in total. The number of hydrogen-bond acceptors (Lipinski definition) is 4. The van der Waals surface area contributed by atoms with Crippen LogP contribution in [0.1, 0.15) is 72.8 Å². The Morgan fingerprint density at radius 1 is 0.724 bits per heavy atom. The van der Waals surface area contributed by atoms with Gasteiger partial charge in [-0.05, 0) is 48.2 Å². The van der Waals surface area contributed by atoms with Gasteiger partial charge in [-0.2, -0.15) is 0 Å². The normalized spacial score (nSPS) is 9.86. The number of carbonyl (C=O) groups is 4. The van der Waals surface area contributed by atoms with Crippen LogP contribution >= 0.6 is 0 Å². The number of aromatic carboxylic acids is 4. The van der Waals surface area contributed by atoms with Gasteiger partial charge in [-0.1, -0.05) is 32.4 Å². The zero-order valence-electron chi connectivity index (χ0n) is 16.0. The van der Waals surface area contributed by atoms with E-state index in [0.717, 1.165) is 0 Å². The summed E-state index contributed by atoms with van der Waals surface area (Å²) in [7, 11) is 0. The van der Waals surface area contributed by atoms with Crippen LogP contribution in [0, 0.1) is 0 Å². The van der Waals surface area contributed by atoms with E-state index in [9.17, 15) is 19.2 Å². The van der Waals surface area contributed by atoms with Gasteiger partial charge in [-0.3, -0.25) is 0 Å². The van der Waals surface area contributed by atoms with Crippen LogP contribution in [0.3, 0.4) is 0 Å². The fourth-order valence-electron chi connectivity index (χ4n) is 2.72. The lowest BCUT2D eigenvalue weighted by molar-refractivity contribution is 0.0674. The molecule has 0 spiro atoms. The fourth-order valence-corrected chi connectivity index (χ4v) is 2.72. The minimum atomic E-state index is -1.12. The van der Waals surface area contributed by atoms with Gasteiger partial charge in [0.05, 0.1) is 22.3 Å². The lowest BCUT2D eigenvalue weighted by Gasteiger charge is -2.08. The molecule has 0 aliphatic rings.